The third kappa shape index (κ3) is 2.22. The predicted molar refractivity (Wildman–Crippen MR) is 52.9 cm³/mol. The van der Waals surface area contributed by atoms with E-state index in [-0.39, 0.29) is 5.91 Å². The molecule has 1 aliphatic heterocycles. The molecule has 1 amide bonds. The number of benzene rings is 1. The molecule has 1 N–H and O–H groups in total. The summed E-state index contributed by atoms with van der Waals surface area (Å²) in [4.78, 5) is 22.3. The summed E-state index contributed by atoms with van der Waals surface area (Å²) in [5, 5.41) is 2.56. The summed E-state index contributed by atoms with van der Waals surface area (Å²) in [5.74, 6) is -0.701. The number of ether oxygens (including phenoxy) is 1. The molecule has 1 aromatic carbocycles. The molecule has 1 heterocycles. The van der Waals surface area contributed by atoms with Gasteiger partial charge in [0.05, 0.1) is 0 Å². The van der Waals surface area contributed by atoms with Crippen LogP contribution in [-0.4, -0.2) is 18.1 Å². The molecule has 15 heavy (non-hydrogen) atoms. The fourth-order valence-corrected chi connectivity index (χ4v) is 1.25. The van der Waals surface area contributed by atoms with Gasteiger partial charge in [0, 0.05) is 11.6 Å². The molecule has 0 saturated carbocycles. The average molecular weight is 203 g/mol. The van der Waals surface area contributed by atoms with Gasteiger partial charge in [-0.05, 0) is 18.2 Å². The first kappa shape index (κ1) is 9.45. The highest BCUT2D eigenvalue weighted by atomic mass is 16.6. The minimum Gasteiger partial charge on any atom is -0.435 e. The van der Waals surface area contributed by atoms with Crippen LogP contribution in [0.5, 0.6) is 0 Å². The molecule has 2 rings (SSSR count). The van der Waals surface area contributed by atoms with Gasteiger partial charge in [0.15, 0.2) is 6.23 Å². The standard InChI is InChI=1S/C11H9NO3/c13-10-7-6-9(15-10)12-11(14)8-4-2-1-3-5-8/h1-7,9H,(H,12,14). The quantitative estimate of drug-likeness (QED) is 0.725. The number of nitrogens with one attached hydrogen (secondary N) is 1. The van der Waals surface area contributed by atoms with Crippen LogP contribution in [-0.2, 0) is 9.53 Å². The molecule has 0 saturated heterocycles. The maximum atomic E-state index is 11.6. The van der Waals surface area contributed by atoms with Crippen molar-refractivity contribution in [1.82, 2.24) is 5.32 Å². The zero-order valence-electron chi connectivity index (χ0n) is 7.84. The van der Waals surface area contributed by atoms with E-state index < -0.39 is 12.2 Å². The van der Waals surface area contributed by atoms with Gasteiger partial charge in [-0.1, -0.05) is 18.2 Å². The Morgan fingerprint density at radius 1 is 1.27 bits per heavy atom. The van der Waals surface area contributed by atoms with Gasteiger partial charge in [0.25, 0.3) is 5.91 Å². The van der Waals surface area contributed by atoms with Crippen LogP contribution in [0.1, 0.15) is 10.4 Å². The highest BCUT2D eigenvalue weighted by Gasteiger charge is 2.18. The Morgan fingerprint density at radius 3 is 2.60 bits per heavy atom. The Balaban J connectivity index is 1.99. The predicted octanol–water partition coefficient (Wildman–Crippen LogP) is 0.856. The molecule has 0 radical (unpaired) electrons. The highest BCUT2D eigenvalue weighted by molar-refractivity contribution is 5.95. The van der Waals surface area contributed by atoms with Crippen molar-refractivity contribution in [3.63, 3.8) is 0 Å². The smallest absolute Gasteiger partial charge is 0.332 e. The molecule has 1 aromatic rings. The molecule has 1 atom stereocenters. The Morgan fingerprint density at radius 2 is 2.00 bits per heavy atom. The molecule has 76 valence electrons. The van der Waals surface area contributed by atoms with Crippen molar-refractivity contribution >= 4 is 11.9 Å². The third-order valence-electron chi connectivity index (χ3n) is 1.96. The van der Waals surface area contributed by atoms with Crippen LogP contribution in [0.4, 0.5) is 0 Å². The number of hydrogen-bond acceptors (Lipinski definition) is 3. The minimum absolute atomic E-state index is 0.264. The summed E-state index contributed by atoms with van der Waals surface area (Å²) in [7, 11) is 0. The lowest BCUT2D eigenvalue weighted by Gasteiger charge is -2.10. The first-order chi connectivity index (χ1) is 7.25. The zero-order valence-corrected chi connectivity index (χ0v) is 7.84. The van der Waals surface area contributed by atoms with Crippen LogP contribution in [0.15, 0.2) is 42.5 Å². The van der Waals surface area contributed by atoms with Crippen molar-refractivity contribution < 1.29 is 14.3 Å². The summed E-state index contributed by atoms with van der Waals surface area (Å²) in [6.07, 6.45) is 2.14. The van der Waals surface area contributed by atoms with Gasteiger partial charge < -0.3 is 10.1 Å². The molecule has 1 aliphatic rings. The molecule has 0 fully saturated rings. The number of carbonyl (C=O) groups excluding carboxylic acids is 2. The van der Waals surface area contributed by atoms with E-state index in [1.807, 2.05) is 6.07 Å². The molecule has 4 heteroatoms. The molecule has 0 aliphatic carbocycles. The number of rotatable bonds is 2. The van der Waals surface area contributed by atoms with Crippen molar-refractivity contribution in [3.05, 3.63) is 48.0 Å². The second-order valence-corrected chi connectivity index (χ2v) is 3.06. The van der Waals surface area contributed by atoms with Crippen LogP contribution in [0.3, 0.4) is 0 Å². The maximum absolute atomic E-state index is 11.6. The van der Waals surface area contributed by atoms with Crippen LogP contribution >= 0.6 is 0 Å². The first-order valence-electron chi connectivity index (χ1n) is 4.50. The van der Waals surface area contributed by atoms with Crippen LogP contribution in [0.2, 0.25) is 0 Å². The minimum atomic E-state index is -0.648. The Labute approximate surface area is 86.5 Å². The lowest BCUT2D eigenvalue weighted by atomic mass is 10.2. The monoisotopic (exact) mass is 203 g/mol. The van der Waals surface area contributed by atoms with Crippen molar-refractivity contribution in [2.45, 2.75) is 6.23 Å². The van der Waals surface area contributed by atoms with Crippen LogP contribution < -0.4 is 5.32 Å². The molecule has 0 aromatic heterocycles. The summed E-state index contributed by atoms with van der Waals surface area (Å²) in [6.45, 7) is 0. The molecule has 4 nitrogen and oxygen atoms in total. The van der Waals surface area contributed by atoms with Gasteiger partial charge in [-0.15, -0.1) is 0 Å². The Bertz CT molecular complexity index is 411. The molecule has 0 bridgehead atoms. The van der Waals surface area contributed by atoms with Gasteiger partial charge in [0.2, 0.25) is 0 Å². The summed E-state index contributed by atoms with van der Waals surface area (Å²) >= 11 is 0. The SMILES string of the molecule is O=C1C=CC(NC(=O)c2ccccc2)O1. The number of esters is 1. The second kappa shape index (κ2) is 3.96. The number of cyclic esters (lactones) is 1. The van der Waals surface area contributed by atoms with Gasteiger partial charge in [-0.25, -0.2) is 4.79 Å². The van der Waals surface area contributed by atoms with Gasteiger partial charge in [0.1, 0.15) is 0 Å². The van der Waals surface area contributed by atoms with Crippen molar-refractivity contribution in [3.8, 4) is 0 Å². The third-order valence-corrected chi connectivity index (χ3v) is 1.96. The van der Waals surface area contributed by atoms with E-state index in [2.05, 4.69) is 5.32 Å². The number of hydrogen-bond donors (Lipinski definition) is 1. The van der Waals surface area contributed by atoms with E-state index in [1.165, 1.54) is 12.2 Å². The van der Waals surface area contributed by atoms with Gasteiger partial charge in [-0.3, -0.25) is 4.79 Å². The molecular weight excluding hydrogens is 194 g/mol. The van der Waals surface area contributed by atoms with Crippen LogP contribution in [0, 0.1) is 0 Å². The van der Waals surface area contributed by atoms with E-state index in [1.54, 1.807) is 24.3 Å². The maximum Gasteiger partial charge on any atom is 0.332 e. The fraction of sp³-hybridized carbons (Fsp3) is 0.0909. The molecular formula is C11H9NO3. The van der Waals surface area contributed by atoms with E-state index in [9.17, 15) is 9.59 Å². The van der Waals surface area contributed by atoms with E-state index in [0.717, 1.165) is 0 Å². The Kier molecular flexibility index (Phi) is 2.49. The lowest BCUT2D eigenvalue weighted by Crippen LogP contribution is -2.34. The number of carbonyl (C=O) groups is 2. The topological polar surface area (TPSA) is 55.4 Å². The van der Waals surface area contributed by atoms with E-state index in [4.69, 9.17) is 4.74 Å². The Hall–Kier alpha value is -2.10. The fourth-order valence-electron chi connectivity index (χ4n) is 1.25. The largest absolute Gasteiger partial charge is 0.435 e. The number of amides is 1. The van der Waals surface area contributed by atoms with E-state index >= 15 is 0 Å². The summed E-state index contributed by atoms with van der Waals surface area (Å²) < 4.78 is 4.77. The van der Waals surface area contributed by atoms with Gasteiger partial charge >= 0.3 is 5.97 Å². The first-order valence-corrected chi connectivity index (χ1v) is 4.50. The van der Waals surface area contributed by atoms with E-state index in [0.29, 0.717) is 5.56 Å². The summed E-state index contributed by atoms with van der Waals surface area (Å²) in [5.41, 5.74) is 0.536. The second-order valence-electron chi connectivity index (χ2n) is 3.06. The highest BCUT2D eigenvalue weighted by Crippen LogP contribution is 2.04. The van der Waals surface area contributed by atoms with Crippen molar-refractivity contribution in [2.24, 2.45) is 0 Å². The zero-order chi connectivity index (χ0) is 10.7. The van der Waals surface area contributed by atoms with Gasteiger partial charge in [-0.2, -0.15) is 0 Å². The molecule has 1 unspecified atom stereocenters. The van der Waals surface area contributed by atoms with Crippen molar-refractivity contribution in [1.29, 1.82) is 0 Å². The van der Waals surface area contributed by atoms with Crippen molar-refractivity contribution in [2.75, 3.05) is 0 Å². The average Bonchev–Trinajstić information content (AvgIpc) is 2.65. The summed E-state index contributed by atoms with van der Waals surface area (Å²) in [6, 6.07) is 8.74. The lowest BCUT2D eigenvalue weighted by molar-refractivity contribution is -0.139. The molecule has 0 spiro atoms. The normalized spacial score (nSPS) is 18.7. The van der Waals surface area contributed by atoms with Crippen LogP contribution in [0.25, 0.3) is 0 Å².